The molecule has 2 aromatic carbocycles. The predicted molar refractivity (Wildman–Crippen MR) is 89.7 cm³/mol. The van der Waals surface area contributed by atoms with Gasteiger partial charge in [-0.05, 0) is 18.2 Å². The zero-order valence-electron chi connectivity index (χ0n) is 13.6. The molecule has 1 heterocycles. The van der Waals surface area contributed by atoms with E-state index in [1.54, 1.807) is 36.4 Å². The molecule has 0 bridgehead atoms. The van der Waals surface area contributed by atoms with Gasteiger partial charge in [0.25, 0.3) is 5.56 Å². The number of nitrogens with zero attached hydrogens (tertiary/aromatic N) is 2. The Kier molecular flexibility index (Phi) is 4.30. The third-order valence-corrected chi connectivity index (χ3v) is 3.64. The Balaban J connectivity index is 2.07. The first-order chi connectivity index (χ1) is 12.0. The van der Waals surface area contributed by atoms with E-state index in [4.69, 9.17) is 4.74 Å². The van der Waals surface area contributed by atoms with Crippen molar-refractivity contribution in [2.24, 2.45) is 7.05 Å². The summed E-state index contributed by atoms with van der Waals surface area (Å²) in [7, 11) is 2.69. The Morgan fingerprint density at radius 1 is 0.960 bits per heavy atom. The molecule has 0 fully saturated rings. The molecule has 7 heteroatoms. The smallest absolute Gasteiger partial charge is 0.364 e. The maximum absolute atomic E-state index is 12.6. The summed E-state index contributed by atoms with van der Waals surface area (Å²) < 4.78 is 11.1. The summed E-state index contributed by atoms with van der Waals surface area (Å²) in [5.74, 6) is -1.34. The highest BCUT2D eigenvalue weighted by molar-refractivity contribution is 6.03. The van der Waals surface area contributed by atoms with E-state index in [9.17, 15) is 14.4 Å². The van der Waals surface area contributed by atoms with Gasteiger partial charge in [-0.2, -0.15) is 5.10 Å². The monoisotopic (exact) mass is 338 g/mol. The standard InChI is InChI=1S/C18H14N2O5/c1-20-16(21)12-8-4-3-7-11(12)15(19-20)18(23)25-14-10-6-5-9-13(14)17(22)24-2/h3-10H,1-2H3. The molecular formula is C18H14N2O5. The van der Waals surface area contributed by atoms with Crippen molar-refractivity contribution in [2.75, 3.05) is 7.11 Å². The van der Waals surface area contributed by atoms with Gasteiger partial charge in [0, 0.05) is 12.4 Å². The SMILES string of the molecule is COC(=O)c1ccccc1OC(=O)c1nn(C)c(=O)c2ccccc12. The number of methoxy groups -OCH3 is 1. The number of hydrogen-bond acceptors (Lipinski definition) is 6. The Bertz CT molecular complexity index is 1040. The van der Waals surface area contributed by atoms with E-state index < -0.39 is 11.9 Å². The fourth-order valence-electron chi connectivity index (χ4n) is 2.43. The molecule has 1 aromatic heterocycles. The molecule has 0 saturated carbocycles. The van der Waals surface area contributed by atoms with Crippen molar-refractivity contribution < 1.29 is 19.1 Å². The molecule has 126 valence electrons. The Labute approximate surface area is 142 Å². The van der Waals surface area contributed by atoms with Crippen molar-refractivity contribution in [1.82, 2.24) is 9.78 Å². The summed E-state index contributed by atoms with van der Waals surface area (Å²) in [5.41, 5.74) is -0.216. The number of carbonyl (C=O) groups is 2. The number of aryl methyl sites for hydroxylation is 1. The van der Waals surface area contributed by atoms with Gasteiger partial charge >= 0.3 is 11.9 Å². The Morgan fingerprint density at radius 2 is 1.60 bits per heavy atom. The number of aromatic nitrogens is 2. The van der Waals surface area contributed by atoms with Crippen molar-refractivity contribution in [3.05, 3.63) is 70.1 Å². The quantitative estimate of drug-likeness (QED) is 0.536. The summed E-state index contributed by atoms with van der Waals surface area (Å²) in [6, 6.07) is 12.8. The van der Waals surface area contributed by atoms with Crippen LogP contribution in [0.5, 0.6) is 5.75 Å². The predicted octanol–water partition coefficient (Wildman–Crippen LogP) is 1.94. The maximum atomic E-state index is 12.6. The number of hydrogen-bond donors (Lipinski definition) is 0. The number of rotatable bonds is 3. The zero-order valence-corrected chi connectivity index (χ0v) is 13.6. The van der Waals surface area contributed by atoms with Crippen molar-refractivity contribution in [3.8, 4) is 5.75 Å². The van der Waals surface area contributed by atoms with Crippen molar-refractivity contribution in [3.63, 3.8) is 0 Å². The lowest BCUT2D eigenvalue weighted by atomic mass is 10.1. The largest absolute Gasteiger partial charge is 0.465 e. The molecule has 0 N–H and O–H groups in total. The minimum atomic E-state index is -0.775. The van der Waals surface area contributed by atoms with Gasteiger partial charge in [0.05, 0.1) is 12.5 Å². The van der Waals surface area contributed by atoms with Crippen molar-refractivity contribution in [1.29, 1.82) is 0 Å². The van der Waals surface area contributed by atoms with E-state index in [0.717, 1.165) is 4.68 Å². The van der Waals surface area contributed by atoms with Crippen LogP contribution in [0.25, 0.3) is 10.8 Å². The average Bonchev–Trinajstić information content (AvgIpc) is 2.64. The number of fused-ring (bicyclic) bond motifs is 1. The summed E-state index contributed by atoms with van der Waals surface area (Å²) in [6.07, 6.45) is 0. The first-order valence-electron chi connectivity index (χ1n) is 7.38. The first kappa shape index (κ1) is 16.4. The topological polar surface area (TPSA) is 87.5 Å². The summed E-state index contributed by atoms with van der Waals surface area (Å²) in [5, 5.41) is 4.74. The van der Waals surface area contributed by atoms with Crippen LogP contribution in [0.4, 0.5) is 0 Å². The highest BCUT2D eigenvalue weighted by atomic mass is 16.5. The summed E-state index contributed by atoms with van der Waals surface area (Å²) in [6.45, 7) is 0. The molecule has 0 atom stereocenters. The molecule has 25 heavy (non-hydrogen) atoms. The summed E-state index contributed by atoms with van der Waals surface area (Å²) in [4.78, 5) is 36.5. The van der Waals surface area contributed by atoms with Crippen LogP contribution in [0.2, 0.25) is 0 Å². The molecule has 0 aliphatic heterocycles. The van der Waals surface area contributed by atoms with Crippen LogP contribution in [0.15, 0.2) is 53.3 Å². The Morgan fingerprint density at radius 3 is 2.32 bits per heavy atom. The fourth-order valence-corrected chi connectivity index (χ4v) is 2.43. The number of ether oxygens (including phenoxy) is 2. The highest BCUT2D eigenvalue weighted by Gasteiger charge is 2.20. The number of carbonyl (C=O) groups excluding carboxylic acids is 2. The van der Waals surface area contributed by atoms with Crippen LogP contribution >= 0.6 is 0 Å². The molecule has 0 aliphatic rings. The van der Waals surface area contributed by atoms with E-state index in [0.29, 0.717) is 10.8 Å². The van der Waals surface area contributed by atoms with Crippen LogP contribution in [-0.2, 0) is 11.8 Å². The molecule has 0 saturated heterocycles. The molecule has 0 aliphatic carbocycles. The second kappa shape index (κ2) is 6.56. The lowest BCUT2D eigenvalue weighted by Gasteiger charge is -2.10. The molecule has 3 aromatic rings. The van der Waals surface area contributed by atoms with E-state index in [-0.39, 0.29) is 22.6 Å². The van der Waals surface area contributed by atoms with Gasteiger partial charge < -0.3 is 9.47 Å². The van der Waals surface area contributed by atoms with Crippen LogP contribution in [-0.4, -0.2) is 28.8 Å². The normalized spacial score (nSPS) is 10.5. The molecule has 3 rings (SSSR count). The second-order valence-corrected chi connectivity index (χ2v) is 5.20. The van der Waals surface area contributed by atoms with Gasteiger partial charge in [0.15, 0.2) is 5.69 Å². The van der Waals surface area contributed by atoms with Crippen LogP contribution in [0.1, 0.15) is 20.8 Å². The second-order valence-electron chi connectivity index (χ2n) is 5.20. The molecule has 0 amide bonds. The molecule has 0 unspecified atom stereocenters. The van der Waals surface area contributed by atoms with Gasteiger partial charge in [-0.1, -0.05) is 30.3 Å². The molecule has 0 spiro atoms. The highest BCUT2D eigenvalue weighted by Crippen LogP contribution is 2.21. The molecule has 7 nitrogen and oxygen atoms in total. The Hall–Kier alpha value is -3.48. The third-order valence-electron chi connectivity index (χ3n) is 3.64. The minimum absolute atomic E-state index is 0.0163. The maximum Gasteiger partial charge on any atom is 0.364 e. The molecular weight excluding hydrogens is 324 g/mol. The van der Waals surface area contributed by atoms with Gasteiger partial charge in [-0.3, -0.25) is 4.79 Å². The van der Waals surface area contributed by atoms with E-state index in [1.807, 2.05) is 0 Å². The van der Waals surface area contributed by atoms with Gasteiger partial charge in [0.2, 0.25) is 0 Å². The van der Waals surface area contributed by atoms with Crippen LogP contribution < -0.4 is 10.3 Å². The van der Waals surface area contributed by atoms with Crippen LogP contribution in [0, 0.1) is 0 Å². The van der Waals surface area contributed by atoms with Gasteiger partial charge in [-0.15, -0.1) is 0 Å². The van der Waals surface area contributed by atoms with E-state index >= 15 is 0 Å². The fraction of sp³-hybridized carbons (Fsp3) is 0.111. The summed E-state index contributed by atoms with van der Waals surface area (Å²) >= 11 is 0. The first-order valence-corrected chi connectivity index (χ1v) is 7.38. The van der Waals surface area contributed by atoms with Crippen molar-refractivity contribution >= 4 is 22.7 Å². The minimum Gasteiger partial charge on any atom is -0.465 e. The number of esters is 2. The average molecular weight is 338 g/mol. The lowest BCUT2D eigenvalue weighted by Crippen LogP contribution is -2.25. The third kappa shape index (κ3) is 2.99. The lowest BCUT2D eigenvalue weighted by molar-refractivity contribution is 0.0592. The number of para-hydroxylation sites is 1. The molecule has 0 radical (unpaired) electrons. The van der Waals surface area contributed by atoms with Crippen molar-refractivity contribution in [2.45, 2.75) is 0 Å². The number of benzene rings is 2. The van der Waals surface area contributed by atoms with Gasteiger partial charge in [-0.25, -0.2) is 14.3 Å². The van der Waals surface area contributed by atoms with E-state index in [1.165, 1.54) is 26.3 Å². The van der Waals surface area contributed by atoms with E-state index in [2.05, 4.69) is 9.84 Å². The van der Waals surface area contributed by atoms with Crippen LogP contribution in [0.3, 0.4) is 0 Å². The van der Waals surface area contributed by atoms with Gasteiger partial charge in [0.1, 0.15) is 11.3 Å². The zero-order chi connectivity index (χ0) is 18.0.